The molecule has 0 radical (unpaired) electrons. The van der Waals surface area contributed by atoms with Crippen molar-refractivity contribution in [3.05, 3.63) is 0 Å². The standard InChI is InChI=1S/C14H23NO3/c1-9-7-14(10-5-6-10)11(17-14)8-15(9)12(16)18-13(2,3)4/h9-11H,5-8H2,1-4H3/t9-,11-,14+/m1/s1. The van der Waals surface area contributed by atoms with Gasteiger partial charge in [-0.3, -0.25) is 0 Å². The Morgan fingerprint density at radius 2 is 2.06 bits per heavy atom. The Balaban J connectivity index is 1.64. The molecule has 1 amide bonds. The third-order valence-electron chi connectivity index (χ3n) is 4.25. The number of fused-ring (bicyclic) bond motifs is 1. The molecular formula is C14H23NO3. The Labute approximate surface area is 109 Å². The molecule has 3 atom stereocenters. The first-order chi connectivity index (χ1) is 8.32. The number of carbonyl (C=O) groups excluding carboxylic acids is 1. The van der Waals surface area contributed by atoms with Crippen molar-refractivity contribution in [2.75, 3.05) is 6.54 Å². The van der Waals surface area contributed by atoms with E-state index in [1.165, 1.54) is 12.8 Å². The van der Waals surface area contributed by atoms with Crippen molar-refractivity contribution in [2.24, 2.45) is 5.92 Å². The van der Waals surface area contributed by atoms with Crippen LogP contribution in [-0.4, -0.2) is 40.9 Å². The van der Waals surface area contributed by atoms with Crippen LogP contribution in [0.4, 0.5) is 4.79 Å². The third-order valence-corrected chi connectivity index (χ3v) is 4.25. The zero-order valence-corrected chi connectivity index (χ0v) is 11.7. The number of hydrogen-bond donors (Lipinski definition) is 0. The minimum Gasteiger partial charge on any atom is -0.444 e. The van der Waals surface area contributed by atoms with Crippen molar-refractivity contribution in [1.29, 1.82) is 0 Å². The van der Waals surface area contributed by atoms with E-state index in [0.29, 0.717) is 6.54 Å². The summed E-state index contributed by atoms with van der Waals surface area (Å²) in [6.45, 7) is 8.52. The van der Waals surface area contributed by atoms with Gasteiger partial charge < -0.3 is 14.4 Å². The van der Waals surface area contributed by atoms with Crippen molar-refractivity contribution < 1.29 is 14.3 Å². The van der Waals surface area contributed by atoms with Gasteiger partial charge in [0.1, 0.15) is 17.3 Å². The number of rotatable bonds is 1. The number of ether oxygens (including phenoxy) is 2. The van der Waals surface area contributed by atoms with E-state index in [0.717, 1.165) is 12.3 Å². The lowest BCUT2D eigenvalue weighted by Gasteiger charge is -2.36. The molecule has 1 saturated carbocycles. The second-order valence-electron chi connectivity index (χ2n) is 7.02. The van der Waals surface area contributed by atoms with Crippen molar-refractivity contribution >= 4 is 6.09 Å². The molecular weight excluding hydrogens is 230 g/mol. The average molecular weight is 253 g/mol. The molecule has 3 aliphatic rings. The third kappa shape index (κ3) is 2.00. The van der Waals surface area contributed by atoms with E-state index in [4.69, 9.17) is 9.47 Å². The lowest BCUT2D eigenvalue weighted by atomic mass is 9.87. The quantitative estimate of drug-likeness (QED) is 0.674. The SMILES string of the molecule is C[C@@H]1C[C@@]2(C3CC3)O[C@@H]2CN1C(=O)OC(C)(C)C. The number of piperidine rings is 1. The zero-order valence-electron chi connectivity index (χ0n) is 11.7. The van der Waals surface area contributed by atoms with Crippen LogP contribution < -0.4 is 0 Å². The van der Waals surface area contributed by atoms with Gasteiger partial charge in [-0.05, 0) is 52.9 Å². The van der Waals surface area contributed by atoms with Gasteiger partial charge in [-0.15, -0.1) is 0 Å². The summed E-state index contributed by atoms with van der Waals surface area (Å²) in [7, 11) is 0. The normalized spacial score (nSPS) is 39.2. The lowest BCUT2D eigenvalue weighted by molar-refractivity contribution is 0.0117. The van der Waals surface area contributed by atoms with E-state index in [2.05, 4.69) is 6.92 Å². The Kier molecular flexibility index (Phi) is 2.47. The highest BCUT2D eigenvalue weighted by atomic mass is 16.6. The van der Waals surface area contributed by atoms with Crippen molar-refractivity contribution in [1.82, 2.24) is 4.90 Å². The summed E-state index contributed by atoms with van der Waals surface area (Å²) in [6, 6.07) is 0.221. The number of nitrogens with zero attached hydrogens (tertiary/aromatic N) is 1. The first-order valence-electron chi connectivity index (χ1n) is 6.99. The van der Waals surface area contributed by atoms with Crippen LogP contribution >= 0.6 is 0 Å². The van der Waals surface area contributed by atoms with Gasteiger partial charge in [0.25, 0.3) is 0 Å². The number of epoxide rings is 1. The van der Waals surface area contributed by atoms with Crippen LogP contribution in [0, 0.1) is 5.92 Å². The van der Waals surface area contributed by atoms with Gasteiger partial charge in [0.05, 0.1) is 6.54 Å². The van der Waals surface area contributed by atoms with Gasteiger partial charge in [-0.25, -0.2) is 4.79 Å². The van der Waals surface area contributed by atoms with E-state index in [-0.39, 0.29) is 23.8 Å². The summed E-state index contributed by atoms with van der Waals surface area (Å²) in [5.41, 5.74) is -0.301. The fourth-order valence-electron chi connectivity index (χ4n) is 3.21. The fourth-order valence-corrected chi connectivity index (χ4v) is 3.21. The van der Waals surface area contributed by atoms with E-state index in [9.17, 15) is 4.79 Å². The first kappa shape index (κ1) is 12.3. The molecule has 0 aromatic carbocycles. The van der Waals surface area contributed by atoms with Gasteiger partial charge in [0, 0.05) is 6.04 Å². The van der Waals surface area contributed by atoms with E-state index in [1.54, 1.807) is 0 Å². The van der Waals surface area contributed by atoms with Gasteiger partial charge in [0.2, 0.25) is 0 Å². The van der Waals surface area contributed by atoms with Gasteiger partial charge in [-0.1, -0.05) is 0 Å². The Morgan fingerprint density at radius 1 is 1.39 bits per heavy atom. The van der Waals surface area contributed by atoms with Crippen LogP contribution in [0.1, 0.15) is 47.0 Å². The highest BCUT2D eigenvalue weighted by Gasteiger charge is 2.67. The second kappa shape index (κ2) is 3.62. The molecule has 3 rings (SSSR count). The number of hydrogen-bond acceptors (Lipinski definition) is 3. The fraction of sp³-hybridized carbons (Fsp3) is 0.929. The monoisotopic (exact) mass is 253 g/mol. The molecule has 0 bridgehead atoms. The van der Waals surface area contributed by atoms with Gasteiger partial charge in [-0.2, -0.15) is 0 Å². The van der Waals surface area contributed by atoms with Gasteiger partial charge >= 0.3 is 6.09 Å². The molecule has 102 valence electrons. The number of likely N-dealkylation sites (tertiary alicyclic amines) is 1. The van der Waals surface area contributed by atoms with Crippen LogP contribution in [0.2, 0.25) is 0 Å². The topological polar surface area (TPSA) is 42.1 Å². The van der Waals surface area contributed by atoms with E-state index < -0.39 is 5.60 Å². The van der Waals surface area contributed by atoms with Crippen molar-refractivity contribution in [3.8, 4) is 0 Å². The van der Waals surface area contributed by atoms with Crippen LogP contribution in [-0.2, 0) is 9.47 Å². The molecule has 0 spiro atoms. The van der Waals surface area contributed by atoms with Crippen LogP contribution in [0.3, 0.4) is 0 Å². The highest BCUT2D eigenvalue weighted by Crippen LogP contribution is 2.59. The molecule has 18 heavy (non-hydrogen) atoms. The number of amides is 1. The minimum atomic E-state index is -0.424. The largest absolute Gasteiger partial charge is 0.444 e. The minimum absolute atomic E-state index is 0.123. The molecule has 3 fully saturated rings. The highest BCUT2D eigenvalue weighted by molar-refractivity contribution is 5.69. The lowest BCUT2D eigenvalue weighted by Crippen LogP contribution is -2.50. The summed E-state index contributed by atoms with van der Waals surface area (Å²) < 4.78 is 11.4. The average Bonchev–Trinajstić information content (AvgIpc) is 3.08. The smallest absolute Gasteiger partial charge is 0.410 e. The van der Waals surface area contributed by atoms with E-state index in [1.807, 2.05) is 25.7 Å². The summed E-state index contributed by atoms with van der Waals surface area (Å²) >= 11 is 0. The summed E-state index contributed by atoms with van der Waals surface area (Å²) in [5, 5.41) is 0. The summed E-state index contributed by atoms with van der Waals surface area (Å²) in [6.07, 6.45) is 3.64. The maximum absolute atomic E-state index is 12.1. The maximum atomic E-state index is 12.1. The molecule has 2 saturated heterocycles. The Morgan fingerprint density at radius 3 is 2.61 bits per heavy atom. The Hall–Kier alpha value is -0.770. The predicted molar refractivity (Wildman–Crippen MR) is 67.3 cm³/mol. The van der Waals surface area contributed by atoms with Crippen LogP contribution in [0.25, 0.3) is 0 Å². The molecule has 0 N–H and O–H groups in total. The van der Waals surface area contributed by atoms with Crippen LogP contribution in [0.5, 0.6) is 0 Å². The zero-order chi connectivity index (χ0) is 13.1. The Bertz CT molecular complexity index is 372. The van der Waals surface area contributed by atoms with Crippen molar-refractivity contribution in [3.63, 3.8) is 0 Å². The predicted octanol–water partition coefficient (Wildman–Crippen LogP) is 2.56. The number of carbonyl (C=O) groups is 1. The van der Waals surface area contributed by atoms with Crippen LogP contribution in [0.15, 0.2) is 0 Å². The molecule has 1 aliphatic carbocycles. The van der Waals surface area contributed by atoms with Gasteiger partial charge in [0.15, 0.2) is 0 Å². The first-order valence-corrected chi connectivity index (χ1v) is 6.99. The molecule has 0 aromatic rings. The molecule has 0 aromatic heterocycles. The van der Waals surface area contributed by atoms with Crippen molar-refractivity contribution in [2.45, 2.75) is 70.3 Å². The molecule has 4 heteroatoms. The molecule has 0 unspecified atom stereocenters. The molecule has 2 aliphatic heterocycles. The second-order valence-corrected chi connectivity index (χ2v) is 7.02. The maximum Gasteiger partial charge on any atom is 0.410 e. The summed E-state index contributed by atoms with van der Waals surface area (Å²) in [4.78, 5) is 14.0. The van der Waals surface area contributed by atoms with E-state index >= 15 is 0 Å². The summed E-state index contributed by atoms with van der Waals surface area (Å²) in [5.74, 6) is 0.755. The molecule has 2 heterocycles. The molecule has 4 nitrogen and oxygen atoms in total.